The fourth-order valence-electron chi connectivity index (χ4n) is 2.90. The zero-order valence-electron chi connectivity index (χ0n) is 11.1. The van der Waals surface area contributed by atoms with E-state index in [2.05, 4.69) is 19.5 Å². The van der Waals surface area contributed by atoms with Gasteiger partial charge in [0.25, 0.3) is 0 Å². The number of hydrogen-bond donors (Lipinski definition) is 1. The topological polar surface area (TPSA) is 55.7 Å². The number of nitrogens with zero attached hydrogens (tertiary/aromatic N) is 3. The standard InChI is InChI=1S/C13H18N4OS/c1-18-12-10-11(14-8-15-12)17(13(19)16-10)7-9-5-3-2-4-6-9/h8-9H,2-7H2,1H3,(H,16,19). The second-order valence-corrected chi connectivity index (χ2v) is 5.51. The summed E-state index contributed by atoms with van der Waals surface area (Å²) in [5.74, 6) is 1.26. The van der Waals surface area contributed by atoms with Crippen LogP contribution in [0.5, 0.6) is 5.88 Å². The molecule has 1 saturated carbocycles. The predicted molar refractivity (Wildman–Crippen MR) is 75.8 cm³/mol. The van der Waals surface area contributed by atoms with E-state index in [1.165, 1.54) is 38.4 Å². The van der Waals surface area contributed by atoms with Crippen LogP contribution in [0, 0.1) is 10.7 Å². The molecule has 0 atom stereocenters. The number of aromatic nitrogens is 4. The number of ether oxygens (including phenoxy) is 1. The molecule has 102 valence electrons. The third-order valence-electron chi connectivity index (χ3n) is 3.88. The van der Waals surface area contributed by atoms with Crippen molar-refractivity contribution in [3.05, 3.63) is 11.1 Å². The molecule has 1 aliphatic carbocycles. The van der Waals surface area contributed by atoms with Crippen LogP contribution < -0.4 is 4.74 Å². The highest BCUT2D eigenvalue weighted by Crippen LogP contribution is 2.27. The lowest BCUT2D eigenvalue weighted by Gasteiger charge is -2.21. The summed E-state index contributed by atoms with van der Waals surface area (Å²) in [5, 5.41) is 0. The first-order valence-electron chi connectivity index (χ1n) is 6.77. The Hall–Kier alpha value is -1.43. The Morgan fingerprint density at radius 1 is 1.37 bits per heavy atom. The molecule has 0 radical (unpaired) electrons. The fourth-order valence-corrected chi connectivity index (χ4v) is 3.16. The Morgan fingerprint density at radius 3 is 2.89 bits per heavy atom. The maximum atomic E-state index is 5.41. The molecule has 5 nitrogen and oxygen atoms in total. The summed E-state index contributed by atoms with van der Waals surface area (Å²) in [6.07, 6.45) is 8.14. The van der Waals surface area contributed by atoms with E-state index >= 15 is 0 Å². The normalized spacial score (nSPS) is 16.9. The van der Waals surface area contributed by atoms with Gasteiger partial charge in [-0.1, -0.05) is 19.3 Å². The van der Waals surface area contributed by atoms with E-state index in [1.807, 2.05) is 0 Å². The van der Waals surface area contributed by atoms with E-state index in [0.29, 0.717) is 16.6 Å². The first-order valence-corrected chi connectivity index (χ1v) is 7.18. The van der Waals surface area contributed by atoms with Gasteiger partial charge in [-0.3, -0.25) is 0 Å². The number of rotatable bonds is 3. The van der Waals surface area contributed by atoms with Gasteiger partial charge in [0.05, 0.1) is 7.11 Å². The minimum atomic E-state index is 0.554. The fraction of sp³-hybridized carbons (Fsp3) is 0.615. The molecule has 1 aliphatic rings. The van der Waals surface area contributed by atoms with Gasteiger partial charge >= 0.3 is 0 Å². The third-order valence-corrected chi connectivity index (χ3v) is 4.21. The highest BCUT2D eigenvalue weighted by atomic mass is 32.1. The highest BCUT2D eigenvalue weighted by molar-refractivity contribution is 7.71. The molecule has 0 bridgehead atoms. The second-order valence-electron chi connectivity index (χ2n) is 5.13. The average Bonchev–Trinajstić information content (AvgIpc) is 2.76. The molecule has 6 heteroatoms. The third kappa shape index (κ3) is 2.36. The number of imidazole rings is 1. The van der Waals surface area contributed by atoms with Gasteiger partial charge in [0.1, 0.15) is 11.8 Å². The van der Waals surface area contributed by atoms with E-state index in [9.17, 15) is 0 Å². The maximum absolute atomic E-state index is 5.41. The van der Waals surface area contributed by atoms with Crippen molar-refractivity contribution < 1.29 is 4.74 Å². The van der Waals surface area contributed by atoms with Crippen molar-refractivity contribution in [1.29, 1.82) is 0 Å². The molecule has 1 N–H and O–H groups in total. The van der Waals surface area contributed by atoms with Gasteiger partial charge in [0.15, 0.2) is 10.4 Å². The SMILES string of the molecule is COc1ncnc2c1[nH]c(=S)n2CC1CCCCC1. The Morgan fingerprint density at radius 2 is 2.16 bits per heavy atom. The first-order chi connectivity index (χ1) is 9.29. The molecule has 1 fully saturated rings. The van der Waals surface area contributed by atoms with E-state index in [-0.39, 0.29) is 0 Å². The van der Waals surface area contributed by atoms with Gasteiger partial charge in [-0.25, -0.2) is 4.98 Å². The monoisotopic (exact) mass is 278 g/mol. The maximum Gasteiger partial charge on any atom is 0.242 e. The molecule has 19 heavy (non-hydrogen) atoms. The van der Waals surface area contributed by atoms with E-state index in [1.54, 1.807) is 7.11 Å². The van der Waals surface area contributed by atoms with Crippen molar-refractivity contribution in [3.8, 4) is 5.88 Å². The minimum absolute atomic E-state index is 0.554. The Labute approximate surface area is 117 Å². The molecule has 0 aliphatic heterocycles. The van der Waals surface area contributed by atoms with E-state index < -0.39 is 0 Å². The van der Waals surface area contributed by atoms with Crippen LogP contribution >= 0.6 is 12.2 Å². The van der Waals surface area contributed by atoms with Gasteiger partial charge in [-0.05, 0) is 31.0 Å². The van der Waals surface area contributed by atoms with Crippen molar-refractivity contribution in [2.75, 3.05) is 7.11 Å². The first kappa shape index (κ1) is 12.6. The number of fused-ring (bicyclic) bond motifs is 1. The Balaban J connectivity index is 1.98. The van der Waals surface area contributed by atoms with Crippen LogP contribution in [0.25, 0.3) is 11.2 Å². The molecule has 0 unspecified atom stereocenters. The molecule has 0 spiro atoms. The summed E-state index contributed by atoms with van der Waals surface area (Å²) in [4.78, 5) is 11.6. The van der Waals surface area contributed by atoms with Crippen molar-refractivity contribution >= 4 is 23.4 Å². The van der Waals surface area contributed by atoms with Crippen LogP contribution in [-0.4, -0.2) is 26.6 Å². The number of H-pyrrole nitrogens is 1. The average molecular weight is 278 g/mol. The van der Waals surface area contributed by atoms with Crippen molar-refractivity contribution in [1.82, 2.24) is 19.5 Å². The number of aromatic amines is 1. The van der Waals surface area contributed by atoms with Crippen molar-refractivity contribution in [2.24, 2.45) is 5.92 Å². The number of hydrogen-bond acceptors (Lipinski definition) is 4. The number of methoxy groups -OCH3 is 1. The summed E-state index contributed by atoms with van der Waals surface area (Å²) >= 11 is 5.41. The Kier molecular flexibility index (Phi) is 3.50. The predicted octanol–water partition coefficient (Wildman–Crippen LogP) is 3.08. The minimum Gasteiger partial charge on any atom is -0.479 e. The van der Waals surface area contributed by atoms with Crippen LogP contribution in [0.3, 0.4) is 0 Å². The Bertz CT molecular complexity index is 627. The lowest BCUT2D eigenvalue weighted by molar-refractivity contribution is 0.320. The van der Waals surface area contributed by atoms with E-state index in [0.717, 1.165) is 17.7 Å². The molecule has 2 heterocycles. The van der Waals surface area contributed by atoms with Crippen LogP contribution in [0.4, 0.5) is 0 Å². The van der Waals surface area contributed by atoms with Crippen LogP contribution in [0.15, 0.2) is 6.33 Å². The van der Waals surface area contributed by atoms with E-state index in [4.69, 9.17) is 17.0 Å². The zero-order valence-corrected chi connectivity index (χ0v) is 11.9. The summed E-state index contributed by atoms with van der Waals surface area (Å²) in [7, 11) is 1.61. The molecule has 0 saturated heterocycles. The highest BCUT2D eigenvalue weighted by Gasteiger charge is 2.17. The quantitative estimate of drug-likeness (QED) is 0.877. The summed E-state index contributed by atoms with van der Waals surface area (Å²) in [6.45, 7) is 0.943. The lowest BCUT2D eigenvalue weighted by atomic mass is 9.89. The summed E-state index contributed by atoms with van der Waals surface area (Å²) in [6, 6.07) is 0. The van der Waals surface area contributed by atoms with Crippen molar-refractivity contribution in [2.45, 2.75) is 38.6 Å². The van der Waals surface area contributed by atoms with Crippen molar-refractivity contribution in [3.63, 3.8) is 0 Å². The molecule has 0 amide bonds. The largest absolute Gasteiger partial charge is 0.479 e. The number of nitrogens with one attached hydrogen (secondary N) is 1. The second kappa shape index (κ2) is 5.28. The van der Waals surface area contributed by atoms with Gasteiger partial charge in [0, 0.05) is 6.54 Å². The van der Waals surface area contributed by atoms with Gasteiger partial charge in [-0.2, -0.15) is 4.98 Å². The zero-order chi connectivity index (χ0) is 13.2. The van der Waals surface area contributed by atoms with Gasteiger partial charge in [-0.15, -0.1) is 0 Å². The summed E-state index contributed by atoms with van der Waals surface area (Å²) < 4.78 is 8.04. The smallest absolute Gasteiger partial charge is 0.242 e. The molecule has 3 rings (SSSR count). The lowest BCUT2D eigenvalue weighted by Crippen LogP contribution is -2.14. The van der Waals surface area contributed by atoms with Crippen LogP contribution in [0.2, 0.25) is 0 Å². The molecule has 0 aromatic carbocycles. The molecule has 2 aromatic rings. The summed E-state index contributed by atoms with van der Waals surface area (Å²) in [5.41, 5.74) is 1.65. The van der Waals surface area contributed by atoms with Gasteiger partial charge in [0.2, 0.25) is 5.88 Å². The molecular weight excluding hydrogens is 260 g/mol. The molecule has 2 aromatic heterocycles. The van der Waals surface area contributed by atoms with Crippen LogP contribution in [-0.2, 0) is 6.54 Å². The van der Waals surface area contributed by atoms with Crippen LogP contribution in [0.1, 0.15) is 32.1 Å². The van der Waals surface area contributed by atoms with Gasteiger partial charge < -0.3 is 14.3 Å². The molecular formula is C13H18N4OS.